The standard InChI is InChI=1S/C30H25FN4O4S/c1-37-30(36)27-14-25-29(34-18-35(25)16-21-11-13-38-21)40(27)17-23-22(4-2-5-24(23)31)28-26(6-3-12-33-28)39-20-9-7-19(15-32)8-10-20/h2-10,12,14,18,21,40H,11,13,16-17H2,1H3. The number of fused-ring (bicyclic) bond motifs is 1. The molecule has 0 amide bonds. The van der Waals surface area contributed by atoms with Crippen LogP contribution in [0.25, 0.3) is 17.3 Å². The molecular formula is C30H25FN4O4S. The summed E-state index contributed by atoms with van der Waals surface area (Å²) in [6, 6.07) is 17.1. The number of methoxy groups -OCH3 is 1. The molecule has 0 radical (unpaired) electrons. The Hall–Kier alpha value is -4.46. The molecule has 8 nitrogen and oxygen atoms in total. The first kappa shape index (κ1) is 25.8. The van der Waals surface area contributed by atoms with Crippen molar-refractivity contribution in [1.29, 1.82) is 5.26 Å². The van der Waals surface area contributed by atoms with Crippen LogP contribution in [-0.4, -0.2) is 40.3 Å². The highest BCUT2D eigenvalue weighted by Crippen LogP contribution is 2.55. The van der Waals surface area contributed by atoms with E-state index in [0.717, 1.165) is 23.7 Å². The fourth-order valence-corrected chi connectivity index (χ4v) is 7.22. The average Bonchev–Trinajstić information content (AvgIpc) is 3.52. The van der Waals surface area contributed by atoms with Gasteiger partial charge >= 0.3 is 5.97 Å². The minimum atomic E-state index is -1.35. The van der Waals surface area contributed by atoms with Crippen LogP contribution < -0.4 is 4.74 Å². The quantitative estimate of drug-likeness (QED) is 0.222. The van der Waals surface area contributed by atoms with E-state index in [0.29, 0.717) is 45.3 Å². The molecule has 0 spiro atoms. The number of nitriles is 1. The molecule has 202 valence electrons. The van der Waals surface area contributed by atoms with E-state index in [-0.39, 0.29) is 11.9 Å². The fourth-order valence-electron chi connectivity index (χ4n) is 4.78. The number of aromatic nitrogens is 3. The SMILES string of the molecule is COC(=O)C1=Cc2c(ncn2CC2CCO2)[SH]1Cc1c(F)cccc1-c1ncccc1Oc1ccc(C#N)cc1. The summed E-state index contributed by atoms with van der Waals surface area (Å²) >= 11 is 0. The van der Waals surface area contributed by atoms with Gasteiger partial charge < -0.3 is 18.8 Å². The molecule has 2 atom stereocenters. The number of carbonyl (C=O) groups is 1. The van der Waals surface area contributed by atoms with Crippen LogP contribution in [0.2, 0.25) is 0 Å². The molecule has 2 aliphatic rings. The van der Waals surface area contributed by atoms with E-state index in [1.807, 2.05) is 10.6 Å². The number of pyridine rings is 1. The van der Waals surface area contributed by atoms with E-state index in [9.17, 15) is 4.79 Å². The second kappa shape index (κ2) is 11.0. The van der Waals surface area contributed by atoms with Crippen molar-refractivity contribution in [1.82, 2.24) is 14.5 Å². The molecule has 0 N–H and O–H groups in total. The zero-order valence-electron chi connectivity index (χ0n) is 21.6. The van der Waals surface area contributed by atoms with E-state index in [2.05, 4.69) is 16.0 Å². The van der Waals surface area contributed by atoms with E-state index < -0.39 is 22.7 Å². The molecule has 10 heteroatoms. The number of halogens is 1. The number of esters is 1. The van der Waals surface area contributed by atoms with E-state index in [1.165, 1.54) is 13.2 Å². The number of ether oxygens (including phenoxy) is 3. The van der Waals surface area contributed by atoms with Gasteiger partial charge in [-0.3, -0.25) is 4.98 Å². The van der Waals surface area contributed by atoms with Crippen LogP contribution in [0, 0.1) is 17.1 Å². The molecule has 2 aromatic heterocycles. The minimum absolute atomic E-state index is 0.122. The van der Waals surface area contributed by atoms with Crippen LogP contribution in [0.4, 0.5) is 4.39 Å². The van der Waals surface area contributed by atoms with Gasteiger partial charge in [0, 0.05) is 29.7 Å². The highest BCUT2D eigenvalue weighted by Gasteiger charge is 2.34. The Morgan fingerprint density at radius 3 is 2.75 bits per heavy atom. The zero-order valence-corrected chi connectivity index (χ0v) is 22.5. The molecule has 1 fully saturated rings. The third kappa shape index (κ3) is 4.85. The van der Waals surface area contributed by atoms with Gasteiger partial charge in [-0.05, 0) is 55.0 Å². The molecule has 1 saturated heterocycles. The molecule has 6 rings (SSSR count). The first-order chi connectivity index (χ1) is 19.6. The van der Waals surface area contributed by atoms with Gasteiger partial charge in [0.2, 0.25) is 0 Å². The summed E-state index contributed by atoms with van der Waals surface area (Å²) in [5.74, 6) is 0.334. The van der Waals surface area contributed by atoms with Gasteiger partial charge in [-0.25, -0.2) is 14.2 Å². The Balaban J connectivity index is 1.37. The third-order valence-corrected chi connectivity index (χ3v) is 9.32. The van der Waals surface area contributed by atoms with Crippen LogP contribution in [0.15, 0.2) is 77.1 Å². The highest BCUT2D eigenvalue weighted by atomic mass is 32.2. The Labute approximate surface area is 233 Å². The number of imidazole rings is 1. The van der Waals surface area contributed by atoms with Gasteiger partial charge in [-0.2, -0.15) is 16.2 Å². The largest absolute Gasteiger partial charge is 0.465 e. The Kier molecular flexibility index (Phi) is 7.07. The highest BCUT2D eigenvalue weighted by molar-refractivity contribution is 8.20. The van der Waals surface area contributed by atoms with Gasteiger partial charge in [0.15, 0.2) is 5.75 Å². The van der Waals surface area contributed by atoms with Gasteiger partial charge in [0.05, 0.1) is 48.3 Å². The summed E-state index contributed by atoms with van der Waals surface area (Å²) in [6.07, 6.45) is 6.30. The average molecular weight is 557 g/mol. The van der Waals surface area contributed by atoms with Crippen LogP contribution >= 0.6 is 10.9 Å². The van der Waals surface area contributed by atoms with Crippen molar-refractivity contribution >= 4 is 22.9 Å². The maximum absolute atomic E-state index is 15.6. The van der Waals surface area contributed by atoms with Crippen LogP contribution in [0.1, 0.15) is 23.2 Å². The first-order valence-corrected chi connectivity index (χ1v) is 14.2. The molecule has 0 bridgehead atoms. The van der Waals surface area contributed by atoms with E-state index in [1.54, 1.807) is 61.1 Å². The summed E-state index contributed by atoms with van der Waals surface area (Å²) < 4.78 is 34.4. The van der Waals surface area contributed by atoms with Gasteiger partial charge in [0.25, 0.3) is 0 Å². The molecule has 2 unspecified atom stereocenters. The lowest BCUT2D eigenvalue weighted by molar-refractivity contribution is -0.135. The Morgan fingerprint density at radius 1 is 1.20 bits per heavy atom. The van der Waals surface area contributed by atoms with Crippen molar-refractivity contribution in [2.75, 3.05) is 13.7 Å². The van der Waals surface area contributed by atoms with Gasteiger partial charge in [-0.1, -0.05) is 12.1 Å². The van der Waals surface area contributed by atoms with Crippen LogP contribution in [0.3, 0.4) is 0 Å². The van der Waals surface area contributed by atoms with Crippen LogP contribution in [-0.2, 0) is 26.6 Å². The molecular weight excluding hydrogens is 531 g/mol. The third-order valence-electron chi connectivity index (χ3n) is 6.94. The van der Waals surface area contributed by atoms with Crippen molar-refractivity contribution < 1.29 is 23.4 Å². The predicted octanol–water partition coefficient (Wildman–Crippen LogP) is 5.62. The monoisotopic (exact) mass is 556 g/mol. The number of hydrogen-bond acceptors (Lipinski definition) is 7. The number of carbonyl (C=O) groups excluding carboxylic acids is 1. The molecule has 2 aliphatic heterocycles. The smallest absolute Gasteiger partial charge is 0.343 e. The normalized spacial score (nSPS) is 18.3. The number of nitrogens with zero attached hydrogens (tertiary/aromatic N) is 4. The van der Waals surface area contributed by atoms with Crippen molar-refractivity contribution in [3.8, 4) is 28.8 Å². The second-order valence-corrected chi connectivity index (χ2v) is 11.4. The maximum atomic E-state index is 15.6. The maximum Gasteiger partial charge on any atom is 0.343 e. The predicted molar refractivity (Wildman–Crippen MR) is 148 cm³/mol. The lowest BCUT2D eigenvalue weighted by Gasteiger charge is -2.26. The Morgan fingerprint density at radius 2 is 2.02 bits per heavy atom. The zero-order chi connectivity index (χ0) is 27.6. The number of rotatable bonds is 8. The van der Waals surface area contributed by atoms with Crippen LogP contribution in [0.5, 0.6) is 11.5 Å². The molecule has 2 aromatic carbocycles. The van der Waals surface area contributed by atoms with Crippen molar-refractivity contribution in [3.63, 3.8) is 0 Å². The summed E-state index contributed by atoms with van der Waals surface area (Å²) in [7, 11) is -0.00211. The van der Waals surface area contributed by atoms with Crippen molar-refractivity contribution in [2.45, 2.75) is 29.8 Å². The van der Waals surface area contributed by atoms with E-state index in [4.69, 9.17) is 19.5 Å². The molecule has 4 heterocycles. The molecule has 0 saturated carbocycles. The summed E-state index contributed by atoms with van der Waals surface area (Å²) in [5.41, 5.74) is 2.79. The topological polar surface area (TPSA) is 99.3 Å². The minimum Gasteiger partial charge on any atom is -0.465 e. The number of thiol groups is 1. The number of hydrogen-bond donors (Lipinski definition) is 1. The molecule has 4 aromatic rings. The van der Waals surface area contributed by atoms with Crippen molar-refractivity contribution in [3.05, 3.63) is 94.7 Å². The first-order valence-electron chi connectivity index (χ1n) is 12.7. The lowest BCUT2D eigenvalue weighted by atomic mass is 10.0. The summed E-state index contributed by atoms with van der Waals surface area (Å²) in [4.78, 5) is 22.5. The molecule has 0 aliphatic carbocycles. The summed E-state index contributed by atoms with van der Waals surface area (Å²) in [5, 5.41) is 9.85. The second-order valence-electron chi connectivity index (χ2n) is 9.35. The number of benzene rings is 2. The lowest BCUT2D eigenvalue weighted by Crippen LogP contribution is -2.31. The van der Waals surface area contributed by atoms with Gasteiger partial charge in [0.1, 0.15) is 22.3 Å². The summed E-state index contributed by atoms with van der Waals surface area (Å²) in [6.45, 7) is 1.39. The van der Waals surface area contributed by atoms with E-state index >= 15 is 4.39 Å². The van der Waals surface area contributed by atoms with Gasteiger partial charge in [-0.15, -0.1) is 0 Å². The van der Waals surface area contributed by atoms with Crippen molar-refractivity contribution in [2.24, 2.45) is 0 Å². The molecule has 40 heavy (non-hydrogen) atoms. The Bertz CT molecular complexity index is 1660. The fraction of sp³-hybridized carbons (Fsp3) is 0.200.